The van der Waals surface area contributed by atoms with Gasteiger partial charge in [0.2, 0.25) is 0 Å². The van der Waals surface area contributed by atoms with Crippen molar-refractivity contribution >= 4 is 16.8 Å². The summed E-state index contributed by atoms with van der Waals surface area (Å²) in [6.45, 7) is 2.35. The number of piperidine rings is 1. The smallest absolute Gasteiger partial charge is 0.251 e. The van der Waals surface area contributed by atoms with Gasteiger partial charge in [-0.25, -0.2) is 0 Å². The molecule has 1 amide bonds. The molecular formula is C19H24N2O3. The first-order chi connectivity index (χ1) is 11.8. The third kappa shape index (κ3) is 2.77. The average molecular weight is 328 g/mol. The molecule has 2 fully saturated rings. The lowest BCUT2D eigenvalue weighted by Crippen LogP contribution is -2.44. The summed E-state index contributed by atoms with van der Waals surface area (Å²) >= 11 is 0. The molecule has 5 nitrogen and oxygen atoms in total. The number of methoxy groups -OCH3 is 1. The van der Waals surface area contributed by atoms with Crippen LogP contribution in [0.2, 0.25) is 0 Å². The van der Waals surface area contributed by atoms with Gasteiger partial charge in [0.1, 0.15) is 11.9 Å². The number of carbonyl (C=O) groups excluding carboxylic acids is 1. The normalized spacial score (nSPS) is 24.5. The maximum absolute atomic E-state index is 12.7. The van der Waals surface area contributed by atoms with Crippen molar-refractivity contribution in [3.05, 3.63) is 30.0 Å². The van der Waals surface area contributed by atoms with E-state index in [9.17, 15) is 4.79 Å². The fraction of sp³-hybridized carbons (Fsp3) is 0.526. The van der Waals surface area contributed by atoms with E-state index in [4.69, 9.17) is 9.47 Å². The Labute approximate surface area is 141 Å². The van der Waals surface area contributed by atoms with E-state index >= 15 is 0 Å². The highest BCUT2D eigenvalue weighted by Crippen LogP contribution is 2.34. The van der Waals surface area contributed by atoms with Gasteiger partial charge in [-0.3, -0.25) is 4.79 Å². The Morgan fingerprint density at radius 3 is 3.04 bits per heavy atom. The number of benzene rings is 1. The van der Waals surface area contributed by atoms with Gasteiger partial charge < -0.3 is 19.4 Å². The number of carbonyl (C=O) groups is 1. The number of ether oxygens (including phenoxy) is 2. The summed E-state index contributed by atoms with van der Waals surface area (Å²) in [4.78, 5) is 18.0. The fourth-order valence-electron chi connectivity index (χ4n) is 3.99. The number of hydrogen-bond acceptors (Lipinski definition) is 3. The topological polar surface area (TPSA) is 54.6 Å². The molecule has 1 aromatic heterocycles. The Bertz CT molecular complexity index is 733. The predicted octanol–water partition coefficient (Wildman–Crippen LogP) is 3.06. The van der Waals surface area contributed by atoms with Crippen molar-refractivity contribution < 1.29 is 14.3 Å². The molecule has 0 aliphatic carbocycles. The standard InChI is InChI=1S/C19H24N2O3/c1-23-14-6-7-17-15(10-14)16(11-20-17)13-4-2-8-21(12-13)19(22)18-5-3-9-24-18/h6-7,10-11,13,18,20H,2-5,8-9,12H2,1H3/t13-,18+/m0/s1. The second kappa shape index (κ2) is 6.48. The molecule has 0 saturated carbocycles. The van der Waals surface area contributed by atoms with Crippen LogP contribution in [0.25, 0.3) is 10.9 Å². The van der Waals surface area contributed by atoms with E-state index < -0.39 is 0 Å². The third-order valence-electron chi connectivity index (χ3n) is 5.30. The maximum atomic E-state index is 12.7. The zero-order valence-corrected chi connectivity index (χ0v) is 14.1. The van der Waals surface area contributed by atoms with Crippen LogP contribution in [0.3, 0.4) is 0 Å². The summed E-state index contributed by atoms with van der Waals surface area (Å²) in [7, 11) is 1.69. The van der Waals surface area contributed by atoms with Crippen molar-refractivity contribution in [3.63, 3.8) is 0 Å². The molecule has 2 aromatic rings. The highest BCUT2D eigenvalue weighted by molar-refractivity contribution is 5.85. The second-order valence-corrected chi connectivity index (χ2v) is 6.78. The molecule has 3 heterocycles. The number of aromatic nitrogens is 1. The van der Waals surface area contributed by atoms with E-state index in [0.717, 1.165) is 56.6 Å². The molecule has 2 atom stereocenters. The summed E-state index contributed by atoms with van der Waals surface area (Å²) < 4.78 is 10.9. The molecule has 2 aliphatic rings. The van der Waals surface area contributed by atoms with E-state index in [-0.39, 0.29) is 12.0 Å². The molecule has 0 radical (unpaired) electrons. The number of rotatable bonds is 3. The summed E-state index contributed by atoms with van der Waals surface area (Å²) in [5.74, 6) is 1.41. The first kappa shape index (κ1) is 15.5. The van der Waals surface area contributed by atoms with Crippen LogP contribution in [0.15, 0.2) is 24.4 Å². The first-order valence-electron chi connectivity index (χ1n) is 8.81. The van der Waals surface area contributed by atoms with Crippen molar-refractivity contribution in [1.82, 2.24) is 9.88 Å². The molecule has 24 heavy (non-hydrogen) atoms. The lowest BCUT2D eigenvalue weighted by atomic mass is 9.90. The minimum absolute atomic E-state index is 0.176. The predicted molar refractivity (Wildman–Crippen MR) is 92.4 cm³/mol. The summed E-state index contributed by atoms with van der Waals surface area (Å²) in [5, 5.41) is 1.20. The average Bonchev–Trinajstić information content (AvgIpc) is 3.30. The van der Waals surface area contributed by atoms with Crippen molar-refractivity contribution in [1.29, 1.82) is 0 Å². The number of H-pyrrole nitrogens is 1. The summed E-state index contributed by atoms with van der Waals surface area (Å²) in [6.07, 6.45) is 5.89. The van der Waals surface area contributed by atoms with E-state index in [0.29, 0.717) is 5.92 Å². The molecule has 0 bridgehead atoms. The Balaban J connectivity index is 1.56. The molecule has 1 N–H and O–H groups in total. The van der Waals surface area contributed by atoms with Crippen LogP contribution in [-0.2, 0) is 9.53 Å². The molecular weight excluding hydrogens is 304 g/mol. The molecule has 1 aromatic carbocycles. The van der Waals surface area contributed by atoms with Crippen LogP contribution in [0, 0.1) is 0 Å². The number of nitrogens with zero attached hydrogens (tertiary/aromatic N) is 1. The van der Waals surface area contributed by atoms with Gasteiger partial charge in [-0.05, 0) is 49.4 Å². The first-order valence-corrected chi connectivity index (χ1v) is 8.81. The van der Waals surface area contributed by atoms with Gasteiger partial charge in [0, 0.05) is 42.7 Å². The lowest BCUT2D eigenvalue weighted by Gasteiger charge is -2.34. The molecule has 4 rings (SSSR count). The van der Waals surface area contributed by atoms with Gasteiger partial charge in [0.15, 0.2) is 0 Å². The summed E-state index contributed by atoms with van der Waals surface area (Å²) in [5.41, 5.74) is 2.40. The number of hydrogen-bond donors (Lipinski definition) is 1. The van der Waals surface area contributed by atoms with E-state index in [1.165, 1.54) is 10.9 Å². The van der Waals surface area contributed by atoms with Crippen molar-refractivity contribution in [3.8, 4) is 5.75 Å². The second-order valence-electron chi connectivity index (χ2n) is 6.78. The van der Waals surface area contributed by atoms with Crippen LogP contribution in [0.5, 0.6) is 5.75 Å². The van der Waals surface area contributed by atoms with Crippen LogP contribution < -0.4 is 4.74 Å². The van der Waals surface area contributed by atoms with Crippen LogP contribution in [0.4, 0.5) is 0 Å². The highest BCUT2D eigenvalue weighted by atomic mass is 16.5. The van der Waals surface area contributed by atoms with Gasteiger partial charge in [-0.15, -0.1) is 0 Å². The van der Waals surface area contributed by atoms with Gasteiger partial charge in [-0.2, -0.15) is 0 Å². The molecule has 128 valence electrons. The van der Waals surface area contributed by atoms with E-state index in [1.807, 2.05) is 11.0 Å². The molecule has 2 saturated heterocycles. The minimum Gasteiger partial charge on any atom is -0.497 e. The Kier molecular flexibility index (Phi) is 4.19. The fourth-order valence-corrected chi connectivity index (χ4v) is 3.99. The molecule has 2 aliphatic heterocycles. The number of likely N-dealkylation sites (tertiary alicyclic amines) is 1. The van der Waals surface area contributed by atoms with Crippen LogP contribution in [0.1, 0.15) is 37.2 Å². The largest absolute Gasteiger partial charge is 0.497 e. The number of nitrogens with one attached hydrogen (secondary N) is 1. The van der Waals surface area contributed by atoms with E-state index in [2.05, 4.69) is 23.3 Å². The summed E-state index contributed by atoms with van der Waals surface area (Å²) in [6, 6.07) is 6.11. The minimum atomic E-state index is -0.216. The van der Waals surface area contributed by atoms with Crippen LogP contribution >= 0.6 is 0 Å². The van der Waals surface area contributed by atoms with E-state index in [1.54, 1.807) is 7.11 Å². The van der Waals surface area contributed by atoms with Crippen molar-refractivity contribution in [2.24, 2.45) is 0 Å². The van der Waals surface area contributed by atoms with Gasteiger partial charge in [0.05, 0.1) is 7.11 Å². The quantitative estimate of drug-likeness (QED) is 0.942. The van der Waals surface area contributed by atoms with Crippen molar-refractivity contribution in [2.45, 2.75) is 37.7 Å². The van der Waals surface area contributed by atoms with Gasteiger partial charge in [0.25, 0.3) is 5.91 Å². The van der Waals surface area contributed by atoms with Crippen molar-refractivity contribution in [2.75, 3.05) is 26.8 Å². The van der Waals surface area contributed by atoms with Gasteiger partial charge >= 0.3 is 0 Å². The number of amides is 1. The Hall–Kier alpha value is -2.01. The highest BCUT2D eigenvalue weighted by Gasteiger charge is 2.32. The molecule has 5 heteroatoms. The molecule has 0 spiro atoms. The zero-order valence-electron chi connectivity index (χ0n) is 14.1. The van der Waals surface area contributed by atoms with Gasteiger partial charge in [-0.1, -0.05) is 0 Å². The monoisotopic (exact) mass is 328 g/mol. The lowest BCUT2D eigenvalue weighted by molar-refractivity contribution is -0.142. The Morgan fingerprint density at radius 2 is 2.25 bits per heavy atom. The maximum Gasteiger partial charge on any atom is 0.251 e. The number of aromatic amines is 1. The SMILES string of the molecule is COc1ccc2[nH]cc([C@H]3CCCN(C(=O)[C@H]4CCCO4)C3)c2c1. The number of fused-ring (bicyclic) bond motifs is 1. The third-order valence-corrected chi connectivity index (χ3v) is 5.30. The Morgan fingerprint density at radius 1 is 1.33 bits per heavy atom. The zero-order chi connectivity index (χ0) is 16.5. The van der Waals surface area contributed by atoms with Crippen LogP contribution in [-0.4, -0.2) is 48.7 Å². The molecule has 0 unspecified atom stereocenters.